The van der Waals surface area contributed by atoms with Gasteiger partial charge in [-0.3, -0.25) is 14.4 Å². The van der Waals surface area contributed by atoms with E-state index in [2.05, 4.69) is 51.4 Å². The van der Waals surface area contributed by atoms with E-state index in [4.69, 9.17) is 9.47 Å². The molecule has 0 aromatic heterocycles. The molecule has 6 saturated carbocycles. The summed E-state index contributed by atoms with van der Waals surface area (Å²) in [4.78, 5) is 43.4. The van der Waals surface area contributed by atoms with Crippen LogP contribution in [0.5, 0.6) is 0 Å². The average molecular weight is 785 g/mol. The highest BCUT2D eigenvalue weighted by atomic mass is 16.5. The van der Waals surface area contributed by atoms with E-state index in [1.54, 1.807) is 6.08 Å². The van der Waals surface area contributed by atoms with Gasteiger partial charge < -0.3 is 19.7 Å². The van der Waals surface area contributed by atoms with Crippen molar-refractivity contribution in [1.82, 2.24) is 10.2 Å². The van der Waals surface area contributed by atoms with Gasteiger partial charge in [-0.1, -0.05) is 70.5 Å². The lowest BCUT2D eigenvalue weighted by atomic mass is 9.37. The summed E-state index contributed by atoms with van der Waals surface area (Å²) in [6.45, 7) is 22.9. The summed E-state index contributed by atoms with van der Waals surface area (Å²) in [5, 5.41) is 3.64. The fourth-order valence-corrected chi connectivity index (χ4v) is 14.8. The fraction of sp³-hybridized carbons (Fsp3) is 0.780. The van der Waals surface area contributed by atoms with Gasteiger partial charge in [-0.2, -0.15) is 0 Å². The minimum absolute atomic E-state index is 0.0467. The van der Waals surface area contributed by atoms with E-state index >= 15 is 0 Å². The number of allylic oxidation sites excluding steroid dienone is 1. The van der Waals surface area contributed by atoms with Gasteiger partial charge in [-0.25, -0.2) is 0 Å². The van der Waals surface area contributed by atoms with Crippen molar-refractivity contribution in [3.8, 4) is 0 Å². The third-order valence-electron chi connectivity index (χ3n) is 17.6. The van der Waals surface area contributed by atoms with Gasteiger partial charge in [0.2, 0.25) is 5.91 Å². The smallest absolute Gasteiger partial charge is 0.309 e. The van der Waals surface area contributed by atoms with Crippen LogP contribution >= 0.6 is 0 Å². The lowest BCUT2D eigenvalue weighted by molar-refractivity contribution is -0.206. The lowest BCUT2D eigenvalue weighted by Gasteiger charge is -2.67. The summed E-state index contributed by atoms with van der Waals surface area (Å²) in [7, 11) is 0. The Balaban J connectivity index is 0.00000160. The highest BCUT2D eigenvalue weighted by Crippen LogP contribution is 2.72. The van der Waals surface area contributed by atoms with Crippen molar-refractivity contribution in [3.63, 3.8) is 0 Å². The molecule has 57 heavy (non-hydrogen) atoms. The number of fused-ring (bicyclic) bond motifs is 7. The predicted molar refractivity (Wildman–Crippen MR) is 227 cm³/mol. The van der Waals surface area contributed by atoms with Gasteiger partial charge in [0.1, 0.15) is 12.7 Å². The maximum Gasteiger partial charge on any atom is 0.309 e. The van der Waals surface area contributed by atoms with E-state index in [0.29, 0.717) is 53.3 Å². The Kier molecular flexibility index (Phi) is 12.5. The minimum Gasteiger partial charge on any atom is -0.462 e. The van der Waals surface area contributed by atoms with Crippen molar-refractivity contribution in [2.24, 2.45) is 69.5 Å². The normalized spacial score (nSPS) is 41.0. The molecule has 13 unspecified atom stereocenters. The molecule has 1 N–H and O–H groups in total. The quantitative estimate of drug-likeness (QED) is 0.198. The van der Waals surface area contributed by atoms with E-state index in [-0.39, 0.29) is 58.8 Å². The van der Waals surface area contributed by atoms with Gasteiger partial charge in [-0.05, 0) is 175 Å². The van der Waals surface area contributed by atoms with Crippen LogP contribution in [0.25, 0.3) is 0 Å². The molecular formula is C50H76N2O5. The highest BCUT2D eigenvalue weighted by Gasteiger charge is 2.66. The molecule has 7 fully saturated rings. The lowest BCUT2D eigenvalue weighted by Crippen LogP contribution is -2.63. The highest BCUT2D eigenvalue weighted by molar-refractivity contribution is 5.84. The molecule has 0 radical (unpaired) electrons. The zero-order valence-electron chi connectivity index (χ0n) is 36.7. The second-order valence-corrected chi connectivity index (χ2v) is 21.3. The molecule has 1 aromatic rings. The number of carbonyl (C=O) groups is 3. The Hall–Kier alpha value is -2.67. The molecule has 6 aliphatic carbocycles. The number of benzene rings is 1. The Morgan fingerprint density at radius 1 is 0.825 bits per heavy atom. The molecule has 1 aliphatic heterocycles. The van der Waals surface area contributed by atoms with Crippen LogP contribution in [-0.2, 0) is 30.5 Å². The number of rotatable bonds is 9. The van der Waals surface area contributed by atoms with Gasteiger partial charge in [0, 0.05) is 12.1 Å². The molecule has 0 bridgehead atoms. The van der Waals surface area contributed by atoms with E-state index in [1.165, 1.54) is 57.8 Å². The zero-order chi connectivity index (χ0) is 40.8. The monoisotopic (exact) mass is 785 g/mol. The van der Waals surface area contributed by atoms with Crippen LogP contribution in [0.1, 0.15) is 144 Å². The molecule has 1 amide bonds. The van der Waals surface area contributed by atoms with Crippen LogP contribution in [0, 0.1) is 69.5 Å². The van der Waals surface area contributed by atoms with Crippen molar-refractivity contribution >= 4 is 17.8 Å². The number of carbonyl (C=O) groups excluding carboxylic acids is 3. The van der Waals surface area contributed by atoms with Crippen LogP contribution in [0.3, 0.4) is 0 Å². The van der Waals surface area contributed by atoms with Gasteiger partial charge in [-0.15, -0.1) is 6.58 Å². The topological polar surface area (TPSA) is 84.9 Å². The van der Waals surface area contributed by atoms with E-state index in [9.17, 15) is 14.4 Å². The number of hydrogen-bond donors (Lipinski definition) is 1. The standard InChI is InChI=1S/C47H70N2O5.C3H6/c1-30-34(41(50)53-28-32-13-8-7-9-14-32)27-35(30)42(51)54-39-20-23-45(5)36(31(39)2)18-22-46(6)37-19-24-47(21-12-15-38(47)33(37)16-17-40(45)46)43(52)48-44(3,4)29-49-25-10-11-26-49;1-3-2/h7-9,13-14,30-31,33-40H,10-12,15-29H2,1-6H3,(H,48,52);3H,1H2,2H3. The fourth-order valence-electron chi connectivity index (χ4n) is 14.8. The predicted octanol–water partition coefficient (Wildman–Crippen LogP) is 10.2. The van der Waals surface area contributed by atoms with Crippen LogP contribution in [0.15, 0.2) is 43.0 Å². The van der Waals surface area contributed by atoms with Crippen molar-refractivity contribution in [2.75, 3.05) is 19.6 Å². The largest absolute Gasteiger partial charge is 0.462 e. The first-order valence-electron chi connectivity index (χ1n) is 23.2. The summed E-state index contributed by atoms with van der Waals surface area (Å²) >= 11 is 0. The van der Waals surface area contributed by atoms with E-state index < -0.39 is 0 Å². The number of hydrogen-bond acceptors (Lipinski definition) is 6. The molecule has 7 aliphatic rings. The van der Waals surface area contributed by atoms with E-state index in [0.717, 1.165) is 50.9 Å². The van der Waals surface area contributed by atoms with Crippen LogP contribution in [0.4, 0.5) is 0 Å². The van der Waals surface area contributed by atoms with Crippen molar-refractivity contribution in [3.05, 3.63) is 48.6 Å². The first kappa shape index (κ1) is 42.5. The minimum atomic E-state index is -0.236. The second-order valence-electron chi connectivity index (χ2n) is 21.3. The third kappa shape index (κ3) is 7.90. The Labute approximate surface area is 345 Å². The Morgan fingerprint density at radius 3 is 2.18 bits per heavy atom. The van der Waals surface area contributed by atoms with Gasteiger partial charge in [0.15, 0.2) is 0 Å². The van der Waals surface area contributed by atoms with Crippen LogP contribution < -0.4 is 5.32 Å². The second kappa shape index (κ2) is 16.8. The SMILES string of the molecule is C=CC.CC1C(C(=O)OCc2ccccc2)CC1C(=O)OC1CCC2(C)C(CCC3(C)C4CCC5(C(=O)NC(C)(C)CN6CCCC6)CCCC5C4CCC23)C1C. The molecule has 1 heterocycles. The van der Waals surface area contributed by atoms with Gasteiger partial charge in [0.25, 0.3) is 0 Å². The number of ether oxygens (including phenoxy) is 2. The molecule has 8 rings (SSSR count). The van der Waals surface area contributed by atoms with Crippen molar-refractivity contribution in [2.45, 2.75) is 157 Å². The number of amides is 1. The summed E-state index contributed by atoms with van der Waals surface area (Å²) in [6, 6.07) is 9.77. The number of nitrogens with zero attached hydrogens (tertiary/aromatic N) is 1. The summed E-state index contributed by atoms with van der Waals surface area (Å²) < 4.78 is 12.0. The number of likely N-dealkylation sites (tertiary alicyclic amines) is 1. The summed E-state index contributed by atoms with van der Waals surface area (Å²) in [5.74, 6) is 2.99. The molecule has 316 valence electrons. The van der Waals surface area contributed by atoms with Crippen molar-refractivity contribution < 1.29 is 23.9 Å². The zero-order valence-corrected chi connectivity index (χ0v) is 36.7. The van der Waals surface area contributed by atoms with E-state index in [1.807, 2.05) is 44.2 Å². The van der Waals surface area contributed by atoms with Gasteiger partial charge >= 0.3 is 11.9 Å². The summed E-state index contributed by atoms with van der Waals surface area (Å²) in [5.41, 5.74) is 1.16. The molecule has 13 atom stereocenters. The summed E-state index contributed by atoms with van der Waals surface area (Å²) in [6.07, 6.45) is 17.6. The Bertz CT molecular complexity index is 1600. The number of nitrogens with one attached hydrogen (secondary N) is 1. The Morgan fingerprint density at radius 2 is 1.47 bits per heavy atom. The van der Waals surface area contributed by atoms with Crippen LogP contribution in [-0.4, -0.2) is 54.0 Å². The molecule has 7 nitrogen and oxygen atoms in total. The van der Waals surface area contributed by atoms with Gasteiger partial charge in [0.05, 0.1) is 17.3 Å². The third-order valence-corrected chi connectivity index (χ3v) is 17.6. The number of esters is 2. The molecule has 1 saturated heterocycles. The molecule has 0 spiro atoms. The molecule has 1 aromatic carbocycles. The van der Waals surface area contributed by atoms with Crippen molar-refractivity contribution in [1.29, 1.82) is 0 Å². The first-order valence-corrected chi connectivity index (χ1v) is 23.2. The van der Waals surface area contributed by atoms with Crippen LogP contribution in [0.2, 0.25) is 0 Å². The average Bonchev–Trinajstić information content (AvgIpc) is 3.86. The maximum absolute atomic E-state index is 14.4. The maximum atomic E-state index is 14.4. The molecular weight excluding hydrogens is 709 g/mol. The molecule has 7 heteroatoms. The first-order chi connectivity index (χ1) is 27.2.